The smallest absolute Gasteiger partial charge is 0.266 e. The number of fused-ring (bicyclic) bond motifs is 1. The van der Waals surface area contributed by atoms with Crippen molar-refractivity contribution in [2.75, 3.05) is 25.2 Å². The number of rotatable bonds is 5. The van der Waals surface area contributed by atoms with E-state index in [-0.39, 0.29) is 18.0 Å². The fourth-order valence-electron chi connectivity index (χ4n) is 2.43. The number of benzene rings is 2. The summed E-state index contributed by atoms with van der Waals surface area (Å²) < 4.78 is 24.0. The first kappa shape index (κ1) is 15.2. The maximum absolute atomic E-state index is 13.6. The summed E-state index contributed by atoms with van der Waals surface area (Å²) >= 11 is 0. The zero-order chi connectivity index (χ0) is 16.4. The van der Waals surface area contributed by atoms with E-state index >= 15 is 0 Å². The molecule has 0 aromatic heterocycles. The lowest BCUT2D eigenvalue weighted by Gasteiger charge is -2.18. The molecule has 0 fully saturated rings. The summed E-state index contributed by atoms with van der Waals surface area (Å²) in [5, 5.41) is 0. The molecule has 0 saturated carbocycles. The molecule has 5 nitrogen and oxygen atoms in total. The van der Waals surface area contributed by atoms with Crippen LogP contribution < -0.4 is 9.64 Å². The Kier molecular flexibility index (Phi) is 4.08. The van der Waals surface area contributed by atoms with Gasteiger partial charge in [-0.1, -0.05) is 12.1 Å². The van der Waals surface area contributed by atoms with E-state index < -0.39 is 17.6 Å². The molecule has 0 aliphatic carbocycles. The van der Waals surface area contributed by atoms with E-state index in [4.69, 9.17) is 9.47 Å². The number of ether oxygens (including phenoxy) is 2. The van der Waals surface area contributed by atoms with E-state index in [1.54, 1.807) is 24.3 Å². The minimum Gasteiger partial charge on any atom is -0.489 e. The van der Waals surface area contributed by atoms with Gasteiger partial charge in [-0.15, -0.1) is 0 Å². The molecule has 2 aromatic rings. The van der Waals surface area contributed by atoms with Crippen molar-refractivity contribution < 1.29 is 23.5 Å². The van der Waals surface area contributed by atoms with E-state index in [1.807, 2.05) is 0 Å². The number of anilines is 1. The highest BCUT2D eigenvalue weighted by molar-refractivity contribution is 6.34. The number of carbonyl (C=O) groups is 2. The van der Waals surface area contributed by atoms with Crippen molar-refractivity contribution in [3.8, 4) is 5.75 Å². The molecule has 1 aliphatic rings. The minimum absolute atomic E-state index is 0.0901. The van der Waals surface area contributed by atoms with Gasteiger partial charge in [-0.2, -0.15) is 0 Å². The van der Waals surface area contributed by atoms with Gasteiger partial charge in [0.1, 0.15) is 18.2 Å². The summed E-state index contributed by atoms with van der Waals surface area (Å²) in [4.78, 5) is 25.9. The van der Waals surface area contributed by atoms with Crippen molar-refractivity contribution in [1.29, 1.82) is 0 Å². The Balaban J connectivity index is 2.00. The third kappa shape index (κ3) is 2.68. The monoisotopic (exact) mass is 315 g/mol. The summed E-state index contributed by atoms with van der Waals surface area (Å²) in [5.74, 6) is -1.30. The number of amides is 2. The lowest BCUT2D eigenvalue weighted by Crippen LogP contribution is -2.30. The van der Waals surface area contributed by atoms with Gasteiger partial charge < -0.3 is 9.47 Å². The molecule has 2 aromatic carbocycles. The highest BCUT2D eigenvalue weighted by Gasteiger charge is 2.37. The normalized spacial score (nSPS) is 13.4. The largest absolute Gasteiger partial charge is 0.489 e. The molecule has 1 heterocycles. The van der Waals surface area contributed by atoms with E-state index in [2.05, 4.69) is 0 Å². The van der Waals surface area contributed by atoms with E-state index in [0.29, 0.717) is 17.7 Å². The second-order valence-electron chi connectivity index (χ2n) is 4.94. The van der Waals surface area contributed by atoms with Crippen LogP contribution >= 0.6 is 0 Å². The molecule has 0 atom stereocenters. The minimum atomic E-state index is -0.560. The zero-order valence-electron chi connectivity index (χ0n) is 12.4. The number of imide groups is 1. The Morgan fingerprint density at radius 1 is 1.00 bits per heavy atom. The zero-order valence-corrected chi connectivity index (χ0v) is 12.4. The molecule has 0 radical (unpaired) electrons. The van der Waals surface area contributed by atoms with Crippen LogP contribution in [0.2, 0.25) is 0 Å². The second-order valence-corrected chi connectivity index (χ2v) is 4.94. The van der Waals surface area contributed by atoms with Crippen molar-refractivity contribution in [3.05, 3.63) is 59.4 Å². The van der Waals surface area contributed by atoms with Gasteiger partial charge >= 0.3 is 0 Å². The van der Waals surface area contributed by atoms with Crippen molar-refractivity contribution in [2.24, 2.45) is 0 Å². The first-order valence-electron chi connectivity index (χ1n) is 7.02. The quantitative estimate of drug-likeness (QED) is 0.629. The summed E-state index contributed by atoms with van der Waals surface area (Å²) in [6, 6.07) is 10.2. The van der Waals surface area contributed by atoms with Crippen LogP contribution in [0, 0.1) is 5.82 Å². The maximum Gasteiger partial charge on any atom is 0.266 e. The second kappa shape index (κ2) is 6.18. The molecule has 0 unspecified atom stereocenters. The van der Waals surface area contributed by atoms with E-state index in [9.17, 15) is 14.0 Å². The number of halogens is 1. The number of methoxy groups -OCH3 is 1. The number of carbonyl (C=O) groups excluding carboxylic acids is 2. The molecule has 3 rings (SSSR count). The molecule has 6 heteroatoms. The van der Waals surface area contributed by atoms with Crippen molar-refractivity contribution in [1.82, 2.24) is 0 Å². The van der Waals surface area contributed by atoms with Crippen LogP contribution in [-0.2, 0) is 4.74 Å². The third-order valence-corrected chi connectivity index (χ3v) is 3.50. The van der Waals surface area contributed by atoms with Crippen LogP contribution in [0.15, 0.2) is 42.5 Å². The van der Waals surface area contributed by atoms with Gasteiger partial charge in [-0.05, 0) is 24.3 Å². The number of nitrogens with zero attached hydrogens (tertiary/aromatic N) is 1. The lowest BCUT2D eigenvalue weighted by atomic mass is 10.1. The average molecular weight is 315 g/mol. The first-order valence-corrected chi connectivity index (χ1v) is 7.02. The molecule has 0 N–H and O–H groups in total. The summed E-state index contributed by atoms with van der Waals surface area (Å²) in [7, 11) is 1.53. The van der Waals surface area contributed by atoms with Crippen LogP contribution in [0.1, 0.15) is 20.7 Å². The molecule has 1 aliphatic heterocycles. The SMILES string of the molecule is COCCOc1ccc(F)cc1N1C(=O)c2ccccc2C1=O. The van der Waals surface area contributed by atoms with Crippen molar-refractivity contribution in [2.45, 2.75) is 0 Å². The predicted molar refractivity (Wildman–Crippen MR) is 81.4 cm³/mol. The average Bonchev–Trinajstić information content (AvgIpc) is 2.81. The molecule has 2 amide bonds. The third-order valence-electron chi connectivity index (χ3n) is 3.50. The van der Waals surface area contributed by atoms with Gasteiger partial charge in [0.2, 0.25) is 0 Å². The fourth-order valence-corrected chi connectivity index (χ4v) is 2.43. The van der Waals surface area contributed by atoms with Gasteiger partial charge in [0.05, 0.1) is 23.4 Å². The standard InChI is InChI=1S/C17H14FNO4/c1-22-8-9-23-15-7-6-11(18)10-14(15)19-16(20)12-4-2-3-5-13(12)17(19)21/h2-7,10H,8-9H2,1H3. The fraction of sp³-hybridized carbons (Fsp3) is 0.176. The molecular weight excluding hydrogens is 301 g/mol. The van der Waals surface area contributed by atoms with Gasteiger partial charge in [0, 0.05) is 13.2 Å². The van der Waals surface area contributed by atoms with Gasteiger partial charge in [0.15, 0.2) is 0 Å². The Bertz CT molecular complexity index is 740. The summed E-state index contributed by atoms with van der Waals surface area (Å²) in [6.45, 7) is 0.553. The van der Waals surface area contributed by atoms with Gasteiger partial charge in [-0.3, -0.25) is 9.59 Å². The highest BCUT2D eigenvalue weighted by Crippen LogP contribution is 2.35. The molecule has 0 spiro atoms. The van der Waals surface area contributed by atoms with Gasteiger partial charge in [-0.25, -0.2) is 9.29 Å². The summed E-state index contributed by atoms with van der Waals surface area (Å²) in [5.41, 5.74) is 0.682. The van der Waals surface area contributed by atoms with Crippen molar-refractivity contribution in [3.63, 3.8) is 0 Å². The lowest BCUT2D eigenvalue weighted by molar-refractivity contribution is 0.0924. The van der Waals surface area contributed by atoms with Crippen molar-refractivity contribution >= 4 is 17.5 Å². The van der Waals surface area contributed by atoms with Crippen LogP contribution in [-0.4, -0.2) is 32.1 Å². The van der Waals surface area contributed by atoms with E-state index in [1.165, 1.54) is 19.2 Å². The van der Waals surface area contributed by atoms with Crippen LogP contribution in [0.25, 0.3) is 0 Å². The maximum atomic E-state index is 13.6. The molecular formula is C17H14FNO4. The topological polar surface area (TPSA) is 55.8 Å². The number of hydrogen-bond acceptors (Lipinski definition) is 4. The molecule has 118 valence electrons. The van der Waals surface area contributed by atoms with E-state index in [0.717, 1.165) is 11.0 Å². The Labute approximate surface area is 132 Å². The van der Waals surface area contributed by atoms with Crippen LogP contribution in [0.3, 0.4) is 0 Å². The number of hydrogen-bond donors (Lipinski definition) is 0. The Morgan fingerprint density at radius 3 is 2.26 bits per heavy atom. The van der Waals surface area contributed by atoms with Gasteiger partial charge in [0.25, 0.3) is 11.8 Å². The highest BCUT2D eigenvalue weighted by atomic mass is 19.1. The predicted octanol–water partition coefficient (Wildman–Crippen LogP) is 2.65. The molecule has 0 saturated heterocycles. The van der Waals surface area contributed by atoms with Crippen LogP contribution in [0.5, 0.6) is 5.75 Å². The molecule has 0 bridgehead atoms. The first-order chi connectivity index (χ1) is 11.1. The summed E-state index contributed by atoms with van der Waals surface area (Å²) in [6.07, 6.45) is 0. The Hall–Kier alpha value is -2.73. The molecule has 23 heavy (non-hydrogen) atoms. The van der Waals surface area contributed by atoms with Crippen LogP contribution in [0.4, 0.5) is 10.1 Å². The Morgan fingerprint density at radius 2 is 1.65 bits per heavy atom.